The average molecular weight is 503 g/mol. The zero-order valence-corrected chi connectivity index (χ0v) is 19.9. The van der Waals surface area contributed by atoms with Gasteiger partial charge in [-0.2, -0.15) is 0 Å². The minimum Gasteiger partial charge on any atom is -0.462 e. The summed E-state index contributed by atoms with van der Waals surface area (Å²) in [5, 5.41) is 20.5. The van der Waals surface area contributed by atoms with Crippen LogP contribution in [0.2, 0.25) is 0 Å². The first-order chi connectivity index (χ1) is 15.1. The summed E-state index contributed by atoms with van der Waals surface area (Å²) < 4.78 is 10.7. The first kappa shape index (κ1) is 26.0. The average Bonchev–Trinajstić information content (AvgIpc) is 2.71. The number of carbonyl (C=O) groups is 3. The predicted octanol–water partition coefficient (Wildman–Crippen LogP) is 2.46. The van der Waals surface area contributed by atoms with Gasteiger partial charge in [-0.25, -0.2) is 4.79 Å². The number of hydrogen-bond acceptors (Lipinski definition) is 11. The second-order valence-corrected chi connectivity index (χ2v) is 10.3. The second-order valence-electron chi connectivity index (χ2n) is 6.68. The molecular formula is C19H22N2O8S3. The van der Waals surface area contributed by atoms with Crippen LogP contribution in [-0.4, -0.2) is 59.8 Å². The Balaban J connectivity index is 2.07. The van der Waals surface area contributed by atoms with Crippen LogP contribution in [0.1, 0.15) is 26.3 Å². The quantitative estimate of drug-likeness (QED) is 0.175. The molecule has 0 radical (unpaired) electrons. The minimum absolute atomic E-state index is 0.111. The standard InChI is InChI=1S/C19H22N2O8S3/c1-4-31-19(30)32-17-14(10(2)29-11(3)22)15(23)20(17)16(24)18(25)28-9-12-5-7-13(8-6-12)21(26)27/h5-8,10,14,16-17,24H,4,9H2,1-3H3. The van der Waals surface area contributed by atoms with Crippen LogP contribution in [0.3, 0.4) is 0 Å². The Hall–Kier alpha value is -2.22. The van der Waals surface area contributed by atoms with Crippen LogP contribution in [0, 0.1) is 16.0 Å². The Morgan fingerprint density at radius 1 is 1.34 bits per heavy atom. The molecule has 1 aliphatic heterocycles. The fraction of sp³-hybridized carbons (Fsp3) is 0.474. The molecule has 1 saturated heterocycles. The number of aliphatic hydroxyl groups is 1. The Kier molecular flexibility index (Phi) is 9.43. The lowest BCUT2D eigenvalue weighted by atomic mass is 9.92. The lowest BCUT2D eigenvalue weighted by Gasteiger charge is -2.49. The first-order valence-corrected chi connectivity index (χ1v) is 11.7. The smallest absolute Gasteiger partial charge is 0.356 e. The topological polar surface area (TPSA) is 136 Å². The third kappa shape index (κ3) is 6.40. The lowest BCUT2D eigenvalue weighted by Crippen LogP contribution is -2.68. The zero-order valence-electron chi connectivity index (χ0n) is 17.5. The zero-order chi connectivity index (χ0) is 24.0. The number of non-ortho nitro benzene ring substituents is 1. The van der Waals surface area contributed by atoms with Crippen molar-refractivity contribution in [3.63, 3.8) is 0 Å². The number of nitrogens with zero attached hydrogens (tertiary/aromatic N) is 2. The summed E-state index contributed by atoms with van der Waals surface area (Å²) in [6.45, 7) is 4.45. The largest absolute Gasteiger partial charge is 0.462 e. The third-order valence-electron chi connectivity index (χ3n) is 4.46. The molecule has 1 heterocycles. The molecular weight excluding hydrogens is 480 g/mol. The molecule has 1 aliphatic rings. The van der Waals surface area contributed by atoms with Crippen LogP contribution < -0.4 is 0 Å². The number of amides is 1. The van der Waals surface area contributed by atoms with E-state index in [2.05, 4.69) is 0 Å². The Labute approximate surface area is 198 Å². The van der Waals surface area contributed by atoms with E-state index in [1.807, 2.05) is 6.92 Å². The van der Waals surface area contributed by atoms with Crippen molar-refractivity contribution in [2.75, 3.05) is 5.75 Å². The molecule has 0 aliphatic carbocycles. The van der Waals surface area contributed by atoms with Crippen molar-refractivity contribution < 1.29 is 33.9 Å². The highest BCUT2D eigenvalue weighted by atomic mass is 32.2. The molecule has 13 heteroatoms. The van der Waals surface area contributed by atoms with Gasteiger partial charge in [0.15, 0.2) is 0 Å². The van der Waals surface area contributed by atoms with Crippen molar-refractivity contribution in [3.05, 3.63) is 39.9 Å². The number of β-lactam (4-membered cyclic amide) rings is 1. The fourth-order valence-electron chi connectivity index (χ4n) is 2.97. The van der Waals surface area contributed by atoms with Crippen molar-refractivity contribution in [2.24, 2.45) is 5.92 Å². The van der Waals surface area contributed by atoms with Gasteiger partial charge in [-0.3, -0.25) is 24.6 Å². The fourth-order valence-corrected chi connectivity index (χ4v) is 5.80. The molecule has 32 heavy (non-hydrogen) atoms. The SMILES string of the molecule is CCSC(=S)SC1C(C(C)OC(C)=O)C(=O)N1C(O)C(=O)OCc1ccc([N+](=O)[O-])cc1. The maximum atomic E-state index is 12.7. The molecule has 1 aromatic carbocycles. The van der Waals surface area contributed by atoms with Crippen LogP contribution in [0.5, 0.6) is 0 Å². The number of aliphatic hydroxyl groups excluding tert-OH is 1. The molecule has 0 bridgehead atoms. The second kappa shape index (κ2) is 11.6. The number of esters is 2. The van der Waals surface area contributed by atoms with Gasteiger partial charge < -0.3 is 14.6 Å². The van der Waals surface area contributed by atoms with E-state index < -0.39 is 46.4 Å². The first-order valence-electron chi connectivity index (χ1n) is 9.47. The van der Waals surface area contributed by atoms with E-state index in [1.54, 1.807) is 6.92 Å². The number of ether oxygens (including phenoxy) is 2. The van der Waals surface area contributed by atoms with Crippen molar-refractivity contribution in [1.82, 2.24) is 4.90 Å². The maximum Gasteiger partial charge on any atom is 0.356 e. The number of likely N-dealkylation sites (tertiary alicyclic amines) is 1. The summed E-state index contributed by atoms with van der Waals surface area (Å²) in [4.78, 5) is 47.5. The van der Waals surface area contributed by atoms with Gasteiger partial charge >= 0.3 is 11.9 Å². The molecule has 1 N–H and O–H groups in total. The van der Waals surface area contributed by atoms with Crippen molar-refractivity contribution in [3.8, 4) is 0 Å². The summed E-state index contributed by atoms with van der Waals surface area (Å²) in [6.07, 6.45) is -2.65. The molecule has 0 saturated carbocycles. The molecule has 1 amide bonds. The summed E-state index contributed by atoms with van der Waals surface area (Å²) >= 11 is 7.78. The van der Waals surface area contributed by atoms with Gasteiger partial charge in [0, 0.05) is 19.1 Å². The van der Waals surface area contributed by atoms with E-state index in [9.17, 15) is 29.6 Å². The summed E-state index contributed by atoms with van der Waals surface area (Å²) in [5.74, 6) is -2.26. The lowest BCUT2D eigenvalue weighted by molar-refractivity contribution is -0.384. The predicted molar refractivity (Wildman–Crippen MR) is 123 cm³/mol. The molecule has 0 aromatic heterocycles. The Morgan fingerprint density at radius 2 is 1.97 bits per heavy atom. The highest BCUT2D eigenvalue weighted by Gasteiger charge is 2.56. The number of benzene rings is 1. The third-order valence-corrected chi connectivity index (χ3v) is 7.22. The van der Waals surface area contributed by atoms with E-state index in [-0.39, 0.29) is 12.3 Å². The number of thioether (sulfide) groups is 2. The monoisotopic (exact) mass is 502 g/mol. The van der Waals surface area contributed by atoms with Crippen molar-refractivity contribution in [2.45, 2.75) is 45.1 Å². The summed E-state index contributed by atoms with van der Waals surface area (Å²) in [6, 6.07) is 5.36. The van der Waals surface area contributed by atoms with Crippen molar-refractivity contribution in [1.29, 1.82) is 0 Å². The van der Waals surface area contributed by atoms with Crippen LogP contribution in [-0.2, 0) is 30.5 Å². The molecule has 10 nitrogen and oxygen atoms in total. The van der Waals surface area contributed by atoms with Crippen molar-refractivity contribution >= 4 is 62.8 Å². The van der Waals surface area contributed by atoms with E-state index in [4.69, 9.17) is 21.7 Å². The van der Waals surface area contributed by atoms with Gasteiger partial charge in [-0.15, -0.1) is 11.8 Å². The van der Waals surface area contributed by atoms with E-state index in [1.165, 1.54) is 43.0 Å². The van der Waals surface area contributed by atoms with Gasteiger partial charge in [0.2, 0.25) is 12.1 Å². The molecule has 4 atom stereocenters. The highest BCUT2D eigenvalue weighted by Crippen LogP contribution is 2.42. The van der Waals surface area contributed by atoms with Crippen LogP contribution in [0.4, 0.5) is 5.69 Å². The van der Waals surface area contributed by atoms with Crippen LogP contribution in [0.15, 0.2) is 24.3 Å². The molecule has 174 valence electrons. The normalized spacial score (nSPS) is 19.5. The number of nitro benzene ring substituents is 1. The number of hydrogen-bond donors (Lipinski definition) is 1. The Bertz CT molecular complexity index is 895. The van der Waals surface area contributed by atoms with Crippen LogP contribution in [0.25, 0.3) is 0 Å². The van der Waals surface area contributed by atoms with Gasteiger partial charge in [0.1, 0.15) is 27.5 Å². The number of carbonyl (C=O) groups excluding carboxylic acids is 3. The van der Waals surface area contributed by atoms with E-state index in [0.717, 1.165) is 16.7 Å². The van der Waals surface area contributed by atoms with E-state index in [0.29, 0.717) is 14.8 Å². The molecule has 1 aromatic rings. The summed E-state index contributed by atoms with van der Waals surface area (Å²) in [5.41, 5.74) is 0.360. The van der Waals surface area contributed by atoms with Gasteiger partial charge in [0.05, 0.1) is 4.92 Å². The molecule has 1 fully saturated rings. The van der Waals surface area contributed by atoms with Gasteiger partial charge in [0.25, 0.3) is 5.69 Å². The maximum absolute atomic E-state index is 12.7. The summed E-state index contributed by atoms with van der Waals surface area (Å²) in [7, 11) is 0. The van der Waals surface area contributed by atoms with E-state index >= 15 is 0 Å². The molecule has 2 rings (SSSR count). The number of nitro groups is 1. The highest BCUT2D eigenvalue weighted by molar-refractivity contribution is 8.47. The number of thiocarbonyl (C=S) groups is 1. The Morgan fingerprint density at radius 3 is 2.50 bits per heavy atom. The molecule has 0 spiro atoms. The molecule has 4 unspecified atom stereocenters. The minimum atomic E-state index is -1.88. The van der Waals surface area contributed by atoms with Gasteiger partial charge in [-0.1, -0.05) is 30.9 Å². The van der Waals surface area contributed by atoms with Crippen LogP contribution >= 0.6 is 35.7 Å². The number of rotatable bonds is 9. The van der Waals surface area contributed by atoms with Gasteiger partial charge in [-0.05, 0) is 30.4 Å².